The third-order valence-corrected chi connectivity index (χ3v) is 7.40. The van der Waals surface area contributed by atoms with Gasteiger partial charge in [0, 0.05) is 0 Å². The molecule has 0 rings (SSSR count). The van der Waals surface area contributed by atoms with Crippen LogP contribution in [0.25, 0.3) is 0 Å². The van der Waals surface area contributed by atoms with Crippen LogP contribution in [0.5, 0.6) is 0 Å². The molecule has 0 saturated carbocycles. The third-order valence-electron chi connectivity index (χ3n) is 0.883. The van der Waals surface area contributed by atoms with Crippen LogP contribution in [-0.2, 0) is 0 Å². The monoisotopic (exact) mass is 270 g/mol. The molecule has 0 aliphatic rings. The molecule has 0 aromatic heterocycles. The number of hydrogen-bond donors (Lipinski definition) is 0. The van der Waals surface area contributed by atoms with Gasteiger partial charge in [-0.2, -0.15) is 0 Å². The van der Waals surface area contributed by atoms with Crippen molar-refractivity contribution >= 4 is 26.3 Å². The summed E-state index contributed by atoms with van der Waals surface area (Å²) in [4.78, 5) is 0. The fourth-order valence-corrected chi connectivity index (χ4v) is 5.72. The Morgan fingerprint density at radius 2 is 1.30 bits per heavy atom. The van der Waals surface area contributed by atoms with E-state index in [1.807, 2.05) is 0 Å². The van der Waals surface area contributed by atoms with Gasteiger partial charge in [0.25, 0.3) is 0 Å². The topological polar surface area (TPSA) is 0 Å². The fourth-order valence-electron chi connectivity index (χ4n) is 0.367. The van der Waals surface area contributed by atoms with Gasteiger partial charge in [-0.1, -0.05) is 0 Å². The number of allylic oxidation sites excluding steroid dienone is 4. The summed E-state index contributed by atoms with van der Waals surface area (Å²) < 4.78 is 0. The van der Waals surface area contributed by atoms with Crippen LogP contribution >= 0.6 is 0 Å². The summed E-state index contributed by atoms with van der Waals surface area (Å²) in [6.45, 7) is 4.18. The molecule has 0 saturated heterocycles. The first-order valence-corrected chi connectivity index (χ1v) is 10.1. The molecule has 0 amide bonds. The van der Waals surface area contributed by atoms with Crippen molar-refractivity contribution in [3.63, 3.8) is 0 Å². The Hall–Kier alpha value is 0.519. The Bertz CT molecular complexity index is 91.8. The molecule has 0 aromatic rings. The number of rotatable bonds is 5. The van der Waals surface area contributed by atoms with E-state index in [4.69, 9.17) is 0 Å². The second-order valence-corrected chi connectivity index (χ2v) is 9.23. The Morgan fingerprint density at radius 1 is 0.900 bits per heavy atom. The second kappa shape index (κ2) is 9.52. The van der Waals surface area contributed by atoms with Gasteiger partial charge in [-0.3, -0.25) is 0 Å². The van der Waals surface area contributed by atoms with Gasteiger partial charge in [-0.25, -0.2) is 0 Å². The molecule has 0 unspecified atom stereocenters. The maximum absolute atomic E-state index is 2.28. The fraction of sp³-hybridized carbons (Fsp3) is 0.500. The molecule has 10 heavy (non-hydrogen) atoms. The van der Waals surface area contributed by atoms with Crippen molar-refractivity contribution in [1.29, 1.82) is 0 Å². The molecule has 2 heteroatoms. The van der Waals surface area contributed by atoms with E-state index in [9.17, 15) is 0 Å². The van der Waals surface area contributed by atoms with Gasteiger partial charge in [0.2, 0.25) is 0 Å². The zero-order chi connectivity index (χ0) is 7.66. The summed E-state index contributed by atoms with van der Waals surface area (Å²) in [6.07, 6.45) is 8.84. The molecular weight excluding hydrogens is 254 g/mol. The molecule has 0 fully saturated rings. The first kappa shape index (κ1) is 10.5. The van der Waals surface area contributed by atoms with Crippen LogP contribution in [0.15, 0.2) is 24.3 Å². The van der Waals surface area contributed by atoms with Gasteiger partial charge in [-0.05, 0) is 0 Å². The molecular formula is C8H14Se2. The average molecular weight is 268 g/mol. The van der Waals surface area contributed by atoms with Crippen LogP contribution in [0.4, 0.5) is 0 Å². The van der Waals surface area contributed by atoms with Gasteiger partial charge >= 0.3 is 75.1 Å². The summed E-state index contributed by atoms with van der Waals surface area (Å²) in [5, 5.41) is 2.67. The van der Waals surface area contributed by atoms with Gasteiger partial charge in [0.1, 0.15) is 0 Å². The van der Waals surface area contributed by atoms with E-state index in [1.165, 1.54) is 10.6 Å². The van der Waals surface area contributed by atoms with Crippen LogP contribution in [-0.4, -0.2) is 26.3 Å². The van der Waals surface area contributed by atoms with Crippen LogP contribution in [0.3, 0.4) is 0 Å². The van der Waals surface area contributed by atoms with Gasteiger partial charge in [0.15, 0.2) is 0 Å². The Balaban J connectivity index is 2.90. The predicted molar refractivity (Wildman–Crippen MR) is 50.8 cm³/mol. The van der Waals surface area contributed by atoms with Crippen molar-refractivity contribution in [2.24, 2.45) is 0 Å². The van der Waals surface area contributed by atoms with E-state index in [2.05, 4.69) is 38.2 Å². The standard InChI is InChI=1S/C8H14Se2/c1-3-5-7-9-10-8-6-4-2/h3-6H,7-8H2,1-2H3/b5-3+,6-4+. The molecule has 0 nitrogen and oxygen atoms in total. The SMILES string of the molecule is C/C=C/C[Se][Se]C/C=C/C. The molecule has 0 aliphatic carbocycles. The van der Waals surface area contributed by atoms with E-state index < -0.39 is 0 Å². The average Bonchev–Trinajstić information content (AvgIpc) is 1.97. The quantitative estimate of drug-likeness (QED) is 0.408. The van der Waals surface area contributed by atoms with Gasteiger partial charge in [0.05, 0.1) is 0 Å². The van der Waals surface area contributed by atoms with Crippen molar-refractivity contribution in [1.82, 2.24) is 0 Å². The van der Waals surface area contributed by atoms with E-state index >= 15 is 0 Å². The Kier molecular flexibility index (Phi) is 10.0. The van der Waals surface area contributed by atoms with Crippen molar-refractivity contribution in [3.8, 4) is 0 Å². The van der Waals surface area contributed by atoms with E-state index in [1.54, 1.807) is 0 Å². The maximum atomic E-state index is 2.28. The van der Waals surface area contributed by atoms with Crippen LogP contribution in [0.1, 0.15) is 13.8 Å². The third kappa shape index (κ3) is 8.52. The van der Waals surface area contributed by atoms with E-state index in [-0.39, 0.29) is 0 Å². The molecule has 58 valence electrons. The summed E-state index contributed by atoms with van der Waals surface area (Å²) >= 11 is 1.80. The minimum atomic E-state index is 0.902. The number of hydrogen-bond acceptors (Lipinski definition) is 0. The molecule has 0 radical (unpaired) electrons. The van der Waals surface area contributed by atoms with Crippen molar-refractivity contribution < 1.29 is 0 Å². The van der Waals surface area contributed by atoms with Gasteiger partial charge < -0.3 is 0 Å². The molecule has 0 aliphatic heterocycles. The molecule has 0 aromatic carbocycles. The van der Waals surface area contributed by atoms with Crippen LogP contribution in [0, 0.1) is 0 Å². The zero-order valence-electron chi connectivity index (χ0n) is 6.54. The van der Waals surface area contributed by atoms with Crippen molar-refractivity contribution in [2.75, 3.05) is 0 Å². The molecule has 0 heterocycles. The normalized spacial score (nSPS) is 11.8. The van der Waals surface area contributed by atoms with Crippen LogP contribution < -0.4 is 0 Å². The summed E-state index contributed by atoms with van der Waals surface area (Å²) in [6, 6.07) is 0. The van der Waals surface area contributed by atoms with Crippen molar-refractivity contribution in [3.05, 3.63) is 24.3 Å². The zero-order valence-corrected chi connectivity index (χ0v) is 9.97. The predicted octanol–water partition coefficient (Wildman–Crippen LogP) is 2.30. The second-order valence-electron chi connectivity index (χ2n) is 1.71. The molecule has 0 spiro atoms. The van der Waals surface area contributed by atoms with E-state index in [0.717, 1.165) is 26.3 Å². The summed E-state index contributed by atoms with van der Waals surface area (Å²) in [5.41, 5.74) is 0. The molecule has 0 atom stereocenters. The van der Waals surface area contributed by atoms with Crippen LogP contribution in [0.2, 0.25) is 10.6 Å². The van der Waals surface area contributed by atoms with E-state index in [0.29, 0.717) is 0 Å². The Labute approximate surface area is 75.0 Å². The Morgan fingerprint density at radius 3 is 1.60 bits per heavy atom. The first-order chi connectivity index (χ1) is 4.91. The summed E-state index contributed by atoms with van der Waals surface area (Å²) in [5.74, 6) is 0. The van der Waals surface area contributed by atoms with Gasteiger partial charge in [-0.15, -0.1) is 0 Å². The summed E-state index contributed by atoms with van der Waals surface area (Å²) in [7, 11) is 0. The minimum absolute atomic E-state index is 0.902. The molecule has 0 bridgehead atoms. The molecule has 0 N–H and O–H groups in total. The first-order valence-electron chi connectivity index (χ1n) is 3.38. The van der Waals surface area contributed by atoms with Crippen molar-refractivity contribution in [2.45, 2.75) is 24.5 Å².